The normalized spacial score (nSPS) is 20.8. The summed E-state index contributed by atoms with van der Waals surface area (Å²) in [5.74, 6) is 0.524. The first-order chi connectivity index (χ1) is 11.3. The Morgan fingerprint density at radius 2 is 2.04 bits per heavy atom. The van der Waals surface area contributed by atoms with E-state index >= 15 is 0 Å². The van der Waals surface area contributed by atoms with Crippen LogP contribution in [0, 0.1) is 0 Å². The second kappa shape index (κ2) is 6.84. The van der Waals surface area contributed by atoms with Crippen molar-refractivity contribution in [3.05, 3.63) is 17.5 Å². The highest BCUT2D eigenvalue weighted by Crippen LogP contribution is 2.40. The van der Waals surface area contributed by atoms with Crippen LogP contribution in [0.2, 0.25) is 0 Å². The minimum atomic E-state index is -0.201. The van der Waals surface area contributed by atoms with Crippen LogP contribution in [0.1, 0.15) is 62.6 Å². The fraction of sp³-hybridized carbons (Fsp3) is 0.778. The largest absolute Gasteiger partial charge is 0.379 e. The molecular formula is C18H30N4O2. The Morgan fingerprint density at radius 1 is 1.38 bits per heavy atom. The van der Waals surface area contributed by atoms with E-state index in [9.17, 15) is 4.79 Å². The van der Waals surface area contributed by atoms with E-state index in [2.05, 4.69) is 37.9 Å². The number of carbonyl (C=O) groups is 1. The topological polar surface area (TPSA) is 59.4 Å². The molecule has 1 aromatic rings. The first-order valence-corrected chi connectivity index (χ1v) is 9.06. The van der Waals surface area contributed by atoms with E-state index in [1.807, 2.05) is 10.7 Å². The van der Waals surface area contributed by atoms with E-state index in [0.717, 1.165) is 38.5 Å². The van der Waals surface area contributed by atoms with Crippen LogP contribution in [0.4, 0.5) is 0 Å². The van der Waals surface area contributed by atoms with Gasteiger partial charge in [-0.05, 0) is 46.6 Å². The van der Waals surface area contributed by atoms with Gasteiger partial charge < -0.3 is 10.1 Å². The molecule has 0 aromatic carbocycles. The van der Waals surface area contributed by atoms with Crippen LogP contribution in [0.3, 0.4) is 0 Å². The van der Waals surface area contributed by atoms with Crippen molar-refractivity contribution < 1.29 is 9.53 Å². The Kier molecular flexibility index (Phi) is 4.97. The molecule has 2 aliphatic rings. The molecule has 0 radical (unpaired) electrons. The van der Waals surface area contributed by atoms with Crippen LogP contribution in [0.25, 0.3) is 0 Å². The smallest absolute Gasteiger partial charge is 0.269 e. The lowest BCUT2D eigenvalue weighted by atomic mass is 10.1. The SMILES string of the molecule is CC(CN1CCOCC1)NC(=O)c1cc(C2CC2)nn1C(C)(C)C. The Labute approximate surface area is 144 Å². The van der Waals surface area contributed by atoms with Crippen molar-refractivity contribution in [3.63, 3.8) is 0 Å². The molecule has 24 heavy (non-hydrogen) atoms. The van der Waals surface area contributed by atoms with Crippen LogP contribution < -0.4 is 5.32 Å². The first-order valence-electron chi connectivity index (χ1n) is 9.06. The van der Waals surface area contributed by atoms with Crippen LogP contribution in [0.5, 0.6) is 0 Å². The van der Waals surface area contributed by atoms with Gasteiger partial charge in [-0.2, -0.15) is 5.10 Å². The molecule has 1 saturated heterocycles. The average molecular weight is 334 g/mol. The fourth-order valence-corrected chi connectivity index (χ4v) is 3.17. The molecule has 2 fully saturated rings. The van der Waals surface area contributed by atoms with E-state index < -0.39 is 0 Å². The number of aromatic nitrogens is 2. The molecule has 6 heteroatoms. The van der Waals surface area contributed by atoms with Crippen molar-refractivity contribution in [2.24, 2.45) is 0 Å². The predicted octanol–water partition coefficient (Wildman–Crippen LogP) is 1.97. The van der Waals surface area contributed by atoms with Gasteiger partial charge in [-0.1, -0.05) is 0 Å². The lowest BCUT2D eigenvalue weighted by Crippen LogP contribution is -2.46. The van der Waals surface area contributed by atoms with E-state index in [1.54, 1.807) is 0 Å². The monoisotopic (exact) mass is 334 g/mol. The molecule has 1 aliphatic carbocycles. The van der Waals surface area contributed by atoms with Crippen LogP contribution in [-0.4, -0.2) is 59.5 Å². The maximum Gasteiger partial charge on any atom is 0.269 e. The predicted molar refractivity (Wildman–Crippen MR) is 93.4 cm³/mol. The van der Waals surface area contributed by atoms with Gasteiger partial charge >= 0.3 is 0 Å². The highest BCUT2D eigenvalue weighted by Gasteiger charge is 2.31. The van der Waals surface area contributed by atoms with Gasteiger partial charge in [0.25, 0.3) is 5.91 Å². The quantitative estimate of drug-likeness (QED) is 0.894. The maximum atomic E-state index is 12.8. The van der Waals surface area contributed by atoms with Crippen molar-refractivity contribution in [2.75, 3.05) is 32.8 Å². The zero-order chi connectivity index (χ0) is 17.3. The number of rotatable bonds is 5. The number of hydrogen-bond donors (Lipinski definition) is 1. The molecule has 1 amide bonds. The molecule has 1 N–H and O–H groups in total. The third kappa shape index (κ3) is 4.16. The van der Waals surface area contributed by atoms with Gasteiger partial charge in [0.1, 0.15) is 5.69 Å². The second-order valence-electron chi connectivity index (χ2n) is 8.10. The van der Waals surface area contributed by atoms with Gasteiger partial charge in [0.2, 0.25) is 0 Å². The molecule has 134 valence electrons. The molecular weight excluding hydrogens is 304 g/mol. The van der Waals surface area contributed by atoms with Crippen LogP contribution in [-0.2, 0) is 10.3 Å². The summed E-state index contributed by atoms with van der Waals surface area (Å²) in [5.41, 5.74) is 1.54. The maximum absolute atomic E-state index is 12.8. The Bertz CT molecular complexity index is 580. The van der Waals surface area contributed by atoms with E-state index in [-0.39, 0.29) is 17.5 Å². The molecule has 0 bridgehead atoms. The van der Waals surface area contributed by atoms with Gasteiger partial charge in [0, 0.05) is 31.6 Å². The summed E-state index contributed by atoms with van der Waals surface area (Å²) in [6.07, 6.45) is 2.38. The van der Waals surface area contributed by atoms with Crippen molar-refractivity contribution in [2.45, 2.75) is 58.0 Å². The molecule has 1 unspecified atom stereocenters. The number of morpholine rings is 1. The standard InChI is InChI=1S/C18H30N4O2/c1-13(12-21-7-9-24-10-8-21)19-17(23)16-11-15(14-5-6-14)20-22(16)18(2,3)4/h11,13-14H,5-10,12H2,1-4H3,(H,19,23). The molecule has 1 aliphatic heterocycles. The number of hydrogen-bond acceptors (Lipinski definition) is 4. The number of ether oxygens (including phenoxy) is 1. The summed E-state index contributed by atoms with van der Waals surface area (Å²) in [5, 5.41) is 7.86. The molecule has 2 heterocycles. The number of carbonyl (C=O) groups excluding carboxylic acids is 1. The van der Waals surface area contributed by atoms with Crippen molar-refractivity contribution in [1.29, 1.82) is 0 Å². The number of nitrogens with one attached hydrogen (secondary N) is 1. The van der Waals surface area contributed by atoms with Gasteiger partial charge in [0.15, 0.2) is 0 Å². The fourth-order valence-electron chi connectivity index (χ4n) is 3.17. The summed E-state index contributed by atoms with van der Waals surface area (Å²) in [7, 11) is 0. The molecule has 6 nitrogen and oxygen atoms in total. The third-order valence-electron chi connectivity index (χ3n) is 4.61. The van der Waals surface area contributed by atoms with Crippen molar-refractivity contribution in [3.8, 4) is 0 Å². The molecule has 3 rings (SSSR count). The van der Waals surface area contributed by atoms with E-state index in [4.69, 9.17) is 9.84 Å². The highest BCUT2D eigenvalue weighted by molar-refractivity contribution is 5.93. The molecule has 1 atom stereocenters. The Balaban J connectivity index is 1.67. The molecule has 1 saturated carbocycles. The summed E-state index contributed by atoms with van der Waals surface area (Å²) in [6.45, 7) is 12.6. The zero-order valence-corrected chi connectivity index (χ0v) is 15.3. The van der Waals surface area contributed by atoms with E-state index in [1.165, 1.54) is 12.8 Å². The minimum Gasteiger partial charge on any atom is -0.379 e. The summed E-state index contributed by atoms with van der Waals surface area (Å²) >= 11 is 0. The molecule has 1 aromatic heterocycles. The number of amides is 1. The number of nitrogens with zero attached hydrogens (tertiary/aromatic N) is 3. The molecule has 0 spiro atoms. The van der Waals surface area contributed by atoms with Gasteiger partial charge in [-0.25, -0.2) is 0 Å². The Hall–Kier alpha value is -1.40. The van der Waals surface area contributed by atoms with E-state index in [0.29, 0.717) is 11.6 Å². The summed E-state index contributed by atoms with van der Waals surface area (Å²) in [6, 6.07) is 2.09. The third-order valence-corrected chi connectivity index (χ3v) is 4.61. The van der Waals surface area contributed by atoms with Crippen LogP contribution >= 0.6 is 0 Å². The summed E-state index contributed by atoms with van der Waals surface area (Å²) < 4.78 is 7.26. The minimum absolute atomic E-state index is 0.0231. The van der Waals surface area contributed by atoms with Crippen LogP contribution in [0.15, 0.2) is 6.07 Å². The van der Waals surface area contributed by atoms with Gasteiger partial charge in [0.05, 0.1) is 24.4 Å². The summed E-state index contributed by atoms with van der Waals surface area (Å²) in [4.78, 5) is 15.1. The Morgan fingerprint density at radius 3 is 2.62 bits per heavy atom. The lowest BCUT2D eigenvalue weighted by molar-refractivity contribution is 0.0342. The van der Waals surface area contributed by atoms with Crippen molar-refractivity contribution in [1.82, 2.24) is 20.0 Å². The van der Waals surface area contributed by atoms with Gasteiger partial charge in [-0.3, -0.25) is 14.4 Å². The first kappa shape index (κ1) is 17.4. The zero-order valence-electron chi connectivity index (χ0n) is 15.3. The second-order valence-corrected chi connectivity index (χ2v) is 8.10. The van der Waals surface area contributed by atoms with Gasteiger partial charge in [-0.15, -0.1) is 0 Å². The average Bonchev–Trinajstić information content (AvgIpc) is 3.25. The lowest BCUT2D eigenvalue weighted by Gasteiger charge is -2.29. The highest BCUT2D eigenvalue weighted by atomic mass is 16.5. The van der Waals surface area contributed by atoms with Crippen molar-refractivity contribution >= 4 is 5.91 Å².